The number of halogens is 2. The van der Waals surface area contributed by atoms with E-state index in [4.69, 9.17) is 0 Å². The number of benzene rings is 1. The lowest BCUT2D eigenvalue weighted by Gasteiger charge is -2.52. The Labute approximate surface area is 126 Å². The van der Waals surface area contributed by atoms with Crippen molar-refractivity contribution in [1.82, 2.24) is 10.2 Å². The SMILES string of the molecule is CCC1(C)CN(Cc2cc(F)ccc2F)C(C)(CC)CN1. The second-order valence-electron chi connectivity index (χ2n) is 6.71. The van der Waals surface area contributed by atoms with Gasteiger partial charge in [0.1, 0.15) is 11.6 Å². The van der Waals surface area contributed by atoms with Crippen LogP contribution >= 0.6 is 0 Å². The molecular formula is C17H26F2N2. The third-order valence-electron chi connectivity index (χ3n) is 5.11. The first-order chi connectivity index (χ1) is 9.82. The summed E-state index contributed by atoms with van der Waals surface area (Å²) in [5.41, 5.74) is 0.432. The van der Waals surface area contributed by atoms with Gasteiger partial charge in [0.15, 0.2) is 0 Å². The Morgan fingerprint density at radius 3 is 2.52 bits per heavy atom. The van der Waals surface area contributed by atoms with Crippen LogP contribution in [0.4, 0.5) is 8.78 Å². The molecule has 1 fully saturated rings. The molecule has 1 aromatic rings. The molecule has 2 nitrogen and oxygen atoms in total. The van der Waals surface area contributed by atoms with Gasteiger partial charge in [0, 0.05) is 36.3 Å². The minimum atomic E-state index is -0.377. The largest absolute Gasteiger partial charge is 0.308 e. The lowest BCUT2D eigenvalue weighted by molar-refractivity contribution is 0.00966. The first-order valence-electron chi connectivity index (χ1n) is 7.76. The highest BCUT2D eigenvalue weighted by atomic mass is 19.1. The molecule has 2 unspecified atom stereocenters. The van der Waals surface area contributed by atoms with E-state index >= 15 is 0 Å². The van der Waals surface area contributed by atoms with Crippen LogP contribution in [0.5, 0.6) is 0 Å². The Hall–Kier alpha value is -1.00. The molecular weight excluding hydrogens is 270 g/mol. The Kier molecular flexibility index (Phi) is 4.69. The first-order valence-corrected chi connectivity index (χ1v) is 7.76. The fourth-order valence-electron chi connectivity index (χ4n) is 2.89. The van der Waals surface area contributed by atoms with Crippen LogP contribution in [0.2, 0.25) is 0 Å². The summed E-state index contributed by atoms with van der Waals surface area (Å²) in [6.07, 6.45) is 1.98. The third kappa shape index (κ3) is 3.43. The third-order valence-corrected chi connectivity index (χ3v) is 5.11. The predicted molar refractivity (Wildman–Crippen MR) is 82.2 cm³/mol. The van der Waals surface area contributed by atoms with Crippen LogP contribution in [0.15, 0.2) is 18.2 Å². The van der Waals surface area contributed by atoms with Crippen molar-refractivity contribution in [2.24, 2.45) is 0 Å². The van der Waals surface area contributed by atoms with Gasteiger partial charge in [-0.2, -0.15) is 0 Å². The average molecular weight is 296 g/mol. The molecule has 0 aliphatic carbocycles. The second-order valence-corrected chi connectivity index (χ2v) is 6.71. The van der Waals surface area contributed by atoms with Crippen molar-refractivity contribution in [3.63, 3.8) is 0 Å². The topological polar surface area (TPSA) is 15.3 Å². The van der Waals surface area contributed by atoms with E-state index in [9.17, 15) is 8.78 Å². The summed E-state index contributed by atoms with van der Waals surface area (Å²) in [6, 6.07) is 3.71. The van der Waals surface area contributed by atoms with Crippen molar-refractivity contribution in [3.05, 3.63) is 35.4 Å². The van der Waals surface area contributed by atoms with E-state index in [-0.39, 0.29) is 22.7 Å². The minimum absolute atomic E-state index is 0.0263. The van der Waals surface area contributed by atoms with Gasteiger partial charge < -0.3 is 5.32 Å². The van der Waals surface area contributed by atoms with Gasteiger partial charge in [-0.05, 0) is 44.9 Å². The van der Waals surface area contributed by atoms with Crippen LogP contribution < -0.4 is 5.32 Å². The molecule has 0 aromatic heterocycles. The van der Waals surface area contributed by atoms with Gasteiger partial charge in [-0.1, -0.05) is 13.8 Å². The summed E-state index contributed by atoms with van der Waals surface area (Å²) in [7, 11) is 0. The average Bonchev–Trinajstić information content (AvgIpc) is 2.47. The minimum Gasteiger partial charge on any atom is -0.308 e. The van der Waals surface area contributed by atoms with Gasteiger partial charge >= 0.3 is 0 Å². The molecule has 0 bridgehead atoms. The van der Waals surface area contributed by atoms with Crippen LogP contribution in [-0.4, -0.2) is 29.1 Å². The molecule has 118 valence electrons. The van der Waals surface area contributed by atoms with Crippen molar-refractivity contribution in [3.8, 4) is 0 Å². The maximum Gasteiger partial charge on any atom is 0.127 e. The van der Waals surface area contributed by atoms with Crippen molar-refractivity contribution in [2.75, 3.05) is 13.1 Å². The van der Waals surface area contributed by atoms with Crippen LogP contribution in [0.3, 0.4) is 0 Å². The van der Waals surface area contributed by atoms with Crippen LogP contribution in [0, 0.1) is 11.6 Å². The highest BCUT2D eigenvalue weighted by Crippen LogP contribution is 2.30. The standard InChI is InChI=1S/C17H26F2N2/c1-5-16(3)12-21(17(4,6-2)11-20-16)10-13-9-14(18)7-8-15(13)19/h7-9,20H,5-6,10-12H2,1-4H3. The molecule has 1 aromatic carbocycles. The highest BCUT2D eigenvalue weighted by molar-refractivity contribution is 5.19. The Morgan fingerprint density at radius 1 is 1.19 bits per heavy atom. The van der Waals surface area contributed by atoms with E-state index in [0.717, 1.165) is 25.9 Å². The van der Waals surface area contributed by atoms with E-state index in [1.807, 2.05) is 0 Å². The van der Waals surface area contributed by atoms with Crippen molar-refractivity contribution < 1.29 is 8.78 Å². The monoisotopic (exact) mass is 296 g/mol. The zero-order valence-electron chi connectivity index (χ0n) is 13.5. The molecule has 0 spiro atoms. The fourth-order valence-corrected chi connectivity index (χ4v) is 2.89. The molecule has 2 rings (SSSR count). The number of nitrogens with zero attached hydrogens (tertiary/aromatic N) is 1. The maximum absolute atomic E-state index is 13.9. The van der Waals surface area contributed by atoms with E-state index in [1.54, 1.807) is 0 Å². The lowest BCUT2D eigenvalue weighted by atomic mass is 9.85. The smallest absolute Gasteiger partial charge is 0.127 e. The molecule has 1 N–H and O–H groups in total. The maximum atomic E-state index is 13.9. The molecule has 1 saturated heterocycles. The number of hydrogen-bond donors (Lipinski definition) is 1. The summed E-state index contributed by atoms with van der Waals surface area (Å²) in [4.78, 5) is 2.30. The molecule has 1 heterocycles. The Balaban J connectivity index is 2.26. The van der Waals surface area contributed by atoms with Crippen LogP contribution in [-0.2, 0) is 6.54 Å². The quantitative estimate of drug-likeness (QED) is 0.911. The number of rotatable bonds is 4. The molecule has 21 heavy (non-hydrogen) atoms. The number of hydrogen-bond acceptors (Lipinski definition) is 2. The van der Waals surface area contributed by atoms with E-state index in [0.29, 0.717) is 12.1 Å². The molecule has 0 amide bonds. The molecule has 0 saturated carbocycles. The molecule has 1 aliphatic rings. The molecule has 0 radical (unpaired) electrons. The van der Waals surface area contributed by atoms with Gasteiger partial charge in [0.05, 0.1) is 0 Å². The summed E-state index contributed by atoms with van der Waals surface area (Å²) >= 11 is 0. The fraction of sp³-hybridized carbons (Fsp3) is 0.647. The van der Waals surface area contributed by atoms with Crippen molar-refractivity contribution in [1.29, 1.82) is 0 Å². The zero-order chi connectivity index (χ0) is 15.7. The predicted octanol–water partition coefficient (Wildman–Crippen LogP) is 3.71. The van der Waals surface area contributed by atoms with E-state index in [1.165, 1.54) is 18.2 Å². The number of nitrogens with one attached hydrogen (secondary N) is 1. The highest BCUT2D eigenvalue weighted by Gasteiger charge is 2.41. The summed E-state index contributed by atoms with van der Waals surface area (Å²) in [5, 5.41) is 3.62. The first kappa shape index (κ1) is 16.4. The molecule has 2 atom stereocenters. The van der Waals surface area contributed by atoms with E-state index < -0.39 is 0 Å². The van der Waals surface area contributed by atoms with Gasteiger partial charge in [-0.25, -0.2) is 8.78 Å². The number of piperazine rings is 1. The normalized spacial score (nSPS) is 30.6. The van der Waals surface area contributed by atoms with Crippen molar-refractivity contribution >= 4 is 0 Å². The summed E-state index contributed by atoms with van der Waals surface area (Å²) in [5.74, 6) is -0.704. The second kappa shape index (κ2) is 6.01. The summed E-state index contributed by atoms with van der Waals surface area (Å²) in [6.45, 7) is 10.8. The van der Waals surface area contributed by atoms with Gasteiger partial charge in [-0.3, -0.25) is 4.90 Å². The van der Waals surface area contributed by atoms with Gasteiger partial charge in [0.2, 0.25) is 0 Å². The van der Waals surface area contributed by atoms with Crippen LogP contribution in [0.25, 0.3) is 0 Å². The van der Waals surface area contributed by atoms with Crippen molar-refractivity contribution in [2.45, 2.75) is 58.2 Å². The van der Waals surface area contributed by atoms with Crippen LogP contribution in [0.1, 0.15) is 46.1 Å². The molecule has 1 aliphatic heterocycles. The molecule has 4 heteroatoms. The van der Waals surface area contributed by atoms with Gasteiger partial charge in [-0.15, -0.1) is 0 Å². The Bertz CT molecular complexity index is 506. The Morgan fingerprint density at radius 2 is 1.90 bits per heavy atom. The zero-order valence-corrected chi connectivity index (χ0v) is 13.5. The van der Waals surface area contributed by atoms with Gasteiger partial charge in [0.25, 0.3) is 0 Å². The lowest BCUT2D eigenvalue weighted by Crippen LogP contribution is -2.67. The van der Waals surface area contributed by atoms with E-state index in [2.05, 4.69) is 37.9 Å². The summed E-state index contributed by atoms with van der Waals surface area (Å²) < 4.78 is 27.3.